The van der Waals surface area contributed by atoms with Gasteiger partial charge in [-0.05, 0) is 41.3 Å². The number of nitrogens with one attached hydrogen (secondary N) is 1. The number of pyridine rings is 1. The number of carbonyl (C=O) groups is 2. The zero-order valence-electron chi connectivity index (χ0n) is 19.9. The Labute approximate surface area is 213 Å². The zero-order chi connectivity index (χ0) is 25.8. The lowest BCUT2D eigenvalue weighted by Gasteiger charge is -2.20. The van der Waals surface area contributed by atoms with Gasteiger partial charge >= 0.3 is 0 Å². The molecule has 4 rings (SSSR count). The number of halogens is 1. The standard InChI is InChI=1S/C28H24ClN3O4/c1-3-24(25(33)10-17-4-6-18(7-5-17)20-11-27(34)31-15-20)32-16-26(36-2)23(13-28(32)35)22-12-21(29)9-8-19(22)14-30/h4-9,11-13,16,24H,3,10,15H2,1-2H3,(H,31,34). The number of benzene rings is 2. The number of carbonyl (C=O) groups excluding carboxylic acids is 2. The topological polar surface area (TPSA) is 101 Å². The fourth-order valence-corrected chi connectivity index (χ4v) is 4.52. The van der Waals surface area contributed by atoms with Crippen LogP contribution in [0.3, 0.4) is 0 Å². The number of ketones is 1. The number of methoxy groups -OCH3 is 1. The molecule has 1 aromatic heterocycles. The average Bonchev–Trinajstić information content (AvgIpc) is 3.31. The maximum absolute atomic E-state index is 13.3. The van der Waals surface area contributed by atoms with E-state index in [1.807, 2.05) is 31.2 Å². The third-order valence-corrected chi connectivity index (χ3v) is 6.45. The van der Waals surface area contributed by atoms with Crippen LogP contribution in [0.15, 0.2) is 65.6 Å². The van der Waals surface area contributed by atoms with E-state index in [-0.39, 0.29) is 23.7 Å². The SMILES string of the molecule is CCC(C(=O)Cc1ccc(C2=CC(=O)NC2)cc1)n1cc(OC)c(-c2cc(Cl)ccc2C#N)cc1=O. The van der Waals surface area contributed by atoms with Crippen LogP contribution in [-0.2, 0) is 16.0 Å². The molecule has 1 N–H and O–H groups in total. The van der Waals surface area contributed by atoms with E-state index in [1.165, 1.54) is 23.9 Å². The molecular formula is C28H24ClN3O4. The quantitative estimate of drug-likeness (QED) is 0.495. The predicted molar refractivity (Wildman–Crippen MR) is 138 cm³/mol. The van der Waals surface area contributed by atoms with Crippen molar-refractivity contribution in [2.75, 3.05) is 13.7 Å². The smallest absolute Gasteiger partial charge is 0.252 e. The van der Waals surface area contributed by atoms with Crippen molar-refractivity contribution in [2.24, 2.45) is 0 Å². The number of hydrogen-bond donors (Lipinski definition) is 1. The van der Waals surface area contributed by atoms with Gasteiger partial charge in [0.15, 0.2) is 5.78 Å². The van der Waals surface area contributed by atoms with E-state index in [2.05, 4.69) is 11.4 Å². The Hall–Kier alpha value is -4.15. The summed E-state index contributed by atoms with van der Waals surface area (Å²) in [6.07, 6.45) is 3.66. The Bertz CT molecular complexity index is 1470. The first-order valence-corrected chi connectivity index (χ1v) is 11.8. The lowest BCUT2D eigenvalue weighted by Crippen LogP contribution is -2.30. The Morgan fingerprint density at radius 1 is 1.17 bits per heavy atom. The number of nitriles is 1. The highest BCUT2D eigenvalue weighted by Crippen LogP contribution is 2.33. The van der Waals surface area contributed by atoms with E-state index in [0.29, 0.717) is 40.4 Å². The minimum atomic E-state index is -0.686. The molecule has 2 heterocycles. The normalized spacial score (nSPS) is 13.5. The zero-order valence-corrected chi connectivity index (χ0v) is 20.6. The van der Waals surface area contributed by atoms with Gasteiger partial charge in [-0.3, -0.25) is 14.4 Å². The molecule has 2 aromatic carbocycles. The van der Waals surface area contributed by atoms with Crippen LogP contribution in [0.2, 0.25) is 5.02 Å². The molecule has 0 fully saturated rings. The third-order valence-electron chi connectivity index (χ3n) is 6.21. The fraction of sp³-hybridized carbons (Fsp3) is 0.214. The summed E-state index contributed by atoms with van der Waals surface area (Å²) in [4.78, 5) is 37.8. The van der Waals surface area contributed by atoms with Crippen LogP contribution < -0.4 is 15.6 Å². The highest BCUT2D eigenvalue weighted by atomic mass is 35.5. The minimum absolute atomic E-state index is 0.110. The second-order valence-electron chi connectivity index (χ2n) is 8.45. The van der Waals surface area contributed by atoms with Gasteiger partial charge in [-0.15, -0.1) is 0 Å². The highest BCUT2D eigenvalue weighted by Gasteiger charge is 2.23. The summed E-state index contributed by atoms with van der Waals surface area (Å²) < 4.78 is 6.92. The van der Waals surface area contributed by atoms with Gasteiger partial charge in [0.2, 0.25) is 5.91 Å². The lowest BCUT2D eigenvalue weighted by atomic mass is 9.98. The van der Waals surface area contributed by atoms with Crippen molar-refractivity contribution in [2.45, 2.75) is 25.8 Å². The third kappa shape index (κ3) is 5.09. The summed E-state index contributed by atoms with van der Waals surface area (Å²) in [6.45, 7) is 2.33. The van der Waals surface area contributed by atoms with E-state index in [4.69, 9.17) is 16.3 Å². The van der Waals surface area contributed by atoms with Gasteiger partial charge in [-0.2, -0.15) is 5.26 Å². The van der Waals surface area contributed by atoms with Crippen molar-refractivity contribution in [1.29, 1.82) is 5.26 Å². The first kappa shape index (κ1) is 25.0. The molecule has 0 saturated heterocycles. The molecule has 1 aliphatic rings. The molecule has 0 bridgehead atoms. The van der Waals surface area contributed by atoms with E-state index >= 15 is 0 Å². The number of hydrogen-bond acceptors (Lipinski definition) is 5. The predicted octanol–water partition coefficient (Wildman–Crippen LogP) is 4.33. The first-order valence-electron chi connectivity index (χ1n) is 11.4. The first-order chi connectivity index (χ1) is 17.3. The number of nitrogens with zero attached hydrogens (tertiary/aromatic N) is 2. The van der Waals surface area contributed by atoms with E-state index in [9.17, 15) is 19.6 Å². The maximum Gasteiger partial charge on any atom is 0.252 e. The van der Waals surface area contributed by atoms with Gasteiger partial charge in [-0.25, -0.2) is 0 Å². The summed E-state index contributed by atoms with van der Waals surface area (Å²) in [7, 11) is 1.47. The number of rotatable bonds is 8. The Morgan fingerprint density at radius 2 is 1.92 bits per heavy atom. The number of Topliss-reactive ketones (excluding diaryl/α,β-unsaturated/α-hetero) is 1. The lowest BCUT2D eigenvalue weighted by molar-refractivity contribution is -0.121. The molecule has 1 aliphatic heterocycles. The van der Waals surface area contributed by atoms with Crippen LogP contribution in [0.5, 0.6) is 5.75 Å². The van der Waals surface area contributed by atoms with Crippen LogP contribution in [0.1, 0.15) is 36.1 Å². The molecule has 1 unspecified atom stereocenters. The number of aromatic nitrogens is 1. The fourth-order valence-electron chi connectivity index (χ4n) is 4.35. The van der Waals surface area contributed by atoms with Gasteiger partial charge in [-0.1, -0.05) is 42.8 Å². The molecule has 8 heteroatoms. The summed E-state index contributed by atoms with van der Waals surface area (Å²) in [6, 6.07) is 15.1. The molecule has 1 atom stereocenters. The van der Waals surface area contributed by atoms with Gasteiger partial charge in [0.1, 0.15) is 5.75 Å². The van der Waals surface area contributed by atoms with Crippen LogP contribution in [0.25, 0.3) is 16.7 Å². The Balaban J connectivity index is 1.62. The molecule has 0 saturated carbocycles. The van der Waals surface area contributed by atoms with Crippen molar-refractivity contribution < 1.29 is 14.3 Å². The van der Waals surface area contributed by atoms with Crippen molar-refractivity contribution in [3.8, 4) is 22.9 Å². The van der Waals surface area contributed by atoms with Gasteiger partial charge in [0.25, 0.3) is 5.56 Å². The summed E-state index contributed by atoms with van der Waals surface area (Å²) in [5.74, 6) is 0.137. The van der Waals surface area contributed by atoms with E-state index in [1.54, 1.807) is 24.3 Å². The Kier molecular flexibility index (Phi) is 7.37. The highest BCUT2D eigenvalue weighted by molar-refractivity contribution is 6.31. The number of ether oxygens (including phenoxy) is 1. The van der Waals surface area contributed by atoms with Crippen LogP contribution in [-0.4, -0.2) is 29.9 Å². The number of amides is 1. The van der Waals surface area contributed by atoms with Gasteiger partial charge < -0.3 is 14.6 Å². The monoisotopic (exact) mass is 501 g/mol. The van der Waals surface area contributed by atoms with Crippen LogP contribution in [0, 0.1) is 11.3 Å². The summed E-state index contributed by atoms with van der Waals surface area (Å²) in [5.41, 5.74) is 3.54. The molecule has 36 heavy (non-hydrogen) atoms. The molecule has 1 amide bonds. The Morgan fingerprint density at radius 3 is 2.53 bits per heavy atom. The van der Waals surface area contributed by atoms with Crippen LogP contribution in [0.4, 0.5) is 0 Å². The maximum atomic E-state index is 13.3. The van der Waals surface area contributed by atoms with E-state index in [0.717, 1.165) is 16.7 Å². The van der Waals surface area contributed by atoms with Crippen molar-refractivity contribution in [3.05, 3.63) is 92.9 Å². The molecule has 3 aromatic rings. The van der Waals surface area contributed by atoms with Crippen molar-refractivity contribution >= 4 is 28.9 Å². The molecule has 182 valence electrons. The van der Waals surface area contributed by atoms with E-state index < -0.39 is 6.04 Å². The van der Waals surface area contributed by atoms with Crippen molar-refractivity contribution in [1.82, 2.24) is 9.88 Å². The van der Waals surface area contributed by atoms with Crippen LogP contribution >= 0.6 is 11.6 Å². The van der Waals surface area contributed by atoms with Crippen molar-refractivity contribution in [3.63, 3.8) is 0 Å². The molecular weight excluding hydrogens is 478 g/mol. The second-order valence-corrected chi connectivity index (χ2v) is 8.89. The average molecular weight is 502 g/mol. The van der Waals surface area contributed by atoms with Gasteiger partial charge in [0, 0.05) is 41.3 Å². The molecule has 0 radical (unpaired) electrons. The molecule has 7 nitrogen and oxygen atoms in total. The summed E-state index contributed by atoms with van der Waals surface area (Å²) >= 11 is 6.14. The largest absolute Gasteiger partial charge is 0.495 e. The second kappa shape index (κ2) is 10.6. The minimum Gasteiger partial charge on any atom is -0.495 e. The summed E-state index contributed by atoms with van der Waals surface area (Å²) in [5, 5.41) is 12.7. The molecule has 0 spiro atoms. The van der Waals surface area contributed by atoms with Gasteiger partial charge in [0.05, 0.1) is 31.0 Å². The molecule has 0 aliphatic carbocycles.